The van der Waals surface area contributed by atoms with Crippen molar-refractivity contribution in [1.29, 1.82) is 0 Å². The molecule has 4 nitrogen and oxygen atoms in total. The lowest BCUT2D eigenvalue weighted by Crippen LogP contribution is -2.11. The van der Waals surface area contributed by atoms with Crippen LogP contribution in [0.4, 0.5) is 19.0 Å². The van der Waals surface area contributed by atoms with Crippen molar-refractivity contribution in [3.8, 4) is 0 Å². The molecule has 1 heterocycles. The molecule has 2 aromatic rings. The number of carbonyl (C=O) groups excluding carboxylic acids is 1. The second-order valence-electron chi connectivity index (χ2n) is 4.34. The van der Waals surface area contributed by atoms with Crippen LogP contribution in [0.25, 0.3) is 0 Å². The third kappa shape index (κ3) is 3.95. The predicted molar refractivity (Wildman–Crippen MR) is 71.5 cm³/mol. The van der Waals surface area contributed by atoms with Gasteiger partial charge < -0.3 is 11.1 Å². The van der Waals surface area contributed by atoms with Gasteiger partial charge in [0.2, 0.25) is 5.91 Å². The number of benzene rings is 1. The quantitative estimate of drug-likeness (QED) is 0.911. The topological polar surface area (TPSA) is 68.0 Å². The summed E-state index contributed by atoms with van der Waals surface area (Å²) >= 11 is 0. The van der Waals surface area contributed by atoms with Gasteiger partial charge in [-0.25, -0.2) is 4.98 Å². The van der Waals surface area contributed by atoms with Crippen LogP contribution in [0, 0.1) is 0 Å². The zero-order chi connectivity index (χ0) is 15.5. The molecular weight excluding hydrogens is 283 g/mol. The van der Waals surface area contributed by atoms with Crippen molar-refractivity contribution in [2.75, 3.05) is 5.32 Å². The SMILES string of the molecule is NC(=O)c1ccc(CNc2ccc(C(F)(F)F)cn2)cc1. The Balaban J connectivity index is 1.98. The second-order valence-corrected chi connectivity index (χ2v) is 4.34. The van der Waals surface area contributed by atoms with E-state index in [0.29, 0.717) is 17.9 Å². The Morgan fingerprint density at radius 1 is 1.14 bits per heavy atom. The minimum atomic E-state index is -4.39. The molecule has 1 aromatic heterocycles. The standard InChI is InChI=1S/C14H12F3N3O/c15-14(16,17)11-5-6-12(20-8-11)19-7-9-1-3-10(4-2-9)13(18)21/h1-6,8H,7H2,(H2,18,21)(H,19,20). The lowest BCUT2D eigenvalue weighted by atomic mass is 10.1. The van der Waals surface area contributed by atoms with E-state index >= 15 is 0 Å². The fourth-order valence-electron chi connectivity index (χ4n) is 1.65. The lowest BCUT2D eigenvalue weighted by Gasteiger charge is -2.09. The summed E-state index contributed by atoms with van der Waals surface area (Å²) in [6, 6.07) is 8.81. The molecule has 0 spiro atoms. The molecule has 1 amide bonds. The van der Waals surface area contributed by atoms with Gasteiger partial charge in [-0.15, -0.1) is 0 Å². The number of hydrogen-bond acceptors (Lipinski definition) is 3. The Kier molecular flexibility index (Phi) is 4.11. The Morgan fingerprint density at radius 2 is 1.81 bits per heavy atom. The number of amides is 1. The molecule has 2 rings (SSSR count). The van der Waals surface area contributed by atoms with Crippen LogP contribution in [0.2, 0.25) is 0 Å². The van der Waals surface area contributed by atoms with E-state index in [2.05, 4.69) is 10.3 Å². The number of pyridine rings is 1. The van der Waals surface area contributed by atoms with Crippen molar-refractivity contribution >= 4 is 11.7 Å². The molecule has 0 aliphatic carbocycles. The minimum absolute atomic E-state index is 0.335. The van der Waals surface area contributed by atoms with Crippen LogP contribution in [0.5, 0.6) is 0 Å². The van der Waals surface area contributed by atoms with E-state index in [1.54, 1.807) is 24.3 Å². The molecule has 0 radical (unpaired) electrons. The number of aromatic nitrogens is 1. The van der Waals surface area contributed by atoms with E-state index in [9.17, 15) is 18.0 Å². The van der Waals surface area contributed by atoms with Crippen molar-refractivity contribution in [2.24, 2.45) is 5.73 Å². The number of anilines is 1. The molecule has 110 valence electrons. The number of nitrogens with zero attached hydrogens (tertiary/aromatic N) is 1. The summed E-state index contributed by atoms with van der Waals surface area (Å²) in [5, 5.41) is 2.89. The molecule has 0 unspecified atom stereocenters. The van der Waals surface area contributed by atoms with Crippen molar-refractivity contribution in [3.63, 3.8) is 0 Å². The highest BCUT2D eigenvalue weighted by Gasteiger charge is 2.30. The van der Waals surface area contributed by atoms with Gasteiger partial charge in [0.1, 0.15) is 5.82 Å². The molecule has 0 bridgehead atoms. The highest BCUT2D eigenvalue weighted by atomic mass is 19.4. The van der Waals surface area contributed by atoms with Gasteiger partial charge in [0.05, 0.1) is 5.56 Å². The zero-order valence-electron chi connectivity index (χ0n) is 10.8. The van der Waals surface area contributed by atoms with Crippen LogP contribution in [0.3, 0.4) is 0 Å². The first-order chi connectivity index (χ1) is 9.86. The number of halogens is 3. The zero-order valence-corrected chi connectivity index (χ0v) is 10.8. The van der Waals surface area contributed by atoms with Crippen molar-refractivity contribution in [3.05, 3.63) is 59.3 Å². The van der Waals surface area contributed by atoms with Gasteiger partial charge in [0, 0.05) is 18.3 Å². The van der Waals surface area contributed by atoms with E-state index in [4.69, 9.17) is 5.73 Å². The first-order valence-electron chi connectivity index (χ1n) is 6.02. The predicted octanol–water partition coefficient (Wildman–Crippen LogP) is 2.81. The molecule has 0 atom stereocenters. The first-order valence-corrected chi connectivity index (χ1v) is 6.02. The van der Waals surface area contributed by atoms with Gasteiger partial charge in [-0.2, -0.15) is 13.2 Å². The number of carbonyl (C=O) groups is 1. The Hall–Kier alpha value is -2.57. The smallest absolute Gasteiger partial charge is 0.366 e. The van der Waals surface area contributed by atoms with Gasteiger partial charge in [-0.05, 0) is 29.8 Å². The number of primary amides is 1. The van der Waals surface area contributed by atoms with E-state index in [1.807, 2.05) is 0 Å². The van der Waals surface area contributed by atoms with E-state index in [1.165, 1.54) is 6.07 Å². The summed E-state index contributed by atoms with van der Waals surface area (Å²) in [4.78, 5) is 14.6. The highest BCUT2D eigenvalue weighted by molar-refractivity contribution is 5.92. The van der Waals surface area contributed by atoms with Crippen LogP contribution in [-0.2, 0) is 12.7 Å². The first kappa shape index (κ1) is 14.8. The van der Waals surface area contributed by atoms with E-state index in [-0.39, 0.29) is 0 Å². The fraction of sp³-hybridized carbons (Fsp3) is 0.143. The molecule has 21 heavy (non-hydrogen) atoms. The molecular formula is C14H12F3N3O. The lowest BCUT2D eigenvalue weighted by molar-refractivity contribution is -0.137. The third-order valence-electron chi connectivity index (χ3n) is 2.80. The maximum absolute atomic E-state index is 12.4. The van der Waals surface area contributed by atoms with Crippen molar-refractivity contribution in [1.82, 2.24) is 4.98 Å². The molecule has 0 fully saturated rings. The number of rotatable bonds is 4. The summed E-state index contributed by atoms with van der Waals surface area (Å²) in [6.45, 7) is 0.372. The average molecular weight is 295 g/mol. The number of hydrogen-bond donors (Lipinski definition) is 2. The monoisotopic (exact) mass is 295 g/mol. The normalized spacial score (nSPS) is 11.2. The molecule has 0 aliphatic heterocycles. The van der Waals surface area contributed by atoms with Crippen molar-refractivity contribution < 1.29 is 18.0 Å². The van der Waals surface area contributed by atoms with Crippen LogP contribution >= 0.6 is 0 Å². The molecule has 0 saturated carbocycles. The molecule has 7 heteroatoms. The van der Waals surface area contributed by atoms with Crippen LogP contribution in [0.15, 0.2) is 42.6 Å². The Bertz CT molecular complexity index is 621. The maximum atomic E-state index is 12.4. The second kappa shape index (κ2) is 5.82. The number of nitrogens with one attached hydrogen (secondary N) is 1. The summed E-state index contributed by atoms with van der Waals surface area (Å²) in [6.07, 6.45) is -3.62. The number of alkyl halides is 3. The van der Waals surface area contributed by atoms with E-state index in [0.717, 1.165) is 17.8 Å². The number of nitrogens with two attached hydrogens (primary N) is 1. The fourth-order valence-corrected chi connectivity index (χ4v) is 1.65. The maximum Gasteiger partial charge on any atom is 0.417 e. The summed E-state index contributed by atoms with van der Waals surface area (Å²) in [5.74, 6) is -0.180. The van der Waals surface area contributed by atoms with Gasteiger partial charge in [-0.3, -0.25) is 4.79 Å². The highest BCUT2D eigenvalue weighted by Crippen LogP contribution is 2.28. The minimum Gasteiger partial charge on any atom is -0.366 e. The van der Waals surface area contributed by atoms with Gasteiger partial charge in [0.15, 0.2) is 0 Å². The van der Waals surface area contributed by atoms with Gasteiger partial charge in [0.25, 0.3) is 0 Å². The van der Waals surface area contributed by atoms with Crippen LogP contribution in [0.1, 0.15) is 21.5 Å². The van der Waals surface area contributed by atoms with Crippen molar-refractivity contribution in [2.45, 2.75) is 12.7 Å². The summed E-state index contributed by atoms with van der Waals surface area (Å²) in [5.41, 5.74) is 5.57. The summed E-state index contributed by atoms with van der Waals surface area (Å²) in [7, 11) is 0. The molecule has 0 aliphatic rings. The Labute approximate surface area is 118 Å². The van der Waals surface area contributed by atoms with Crippen LogP contribution < -0.4 is 11.1 Å². The third-order valence-corrected chi connectivity index (χ3v) is 2.80. The average Bonchev–Trinajstić information content (AvgIpc) is 2.45. The molecule has 1 aromatic carbocycles. The van der Waals surface area contributed by atoms with E-state index < -0.39 is 17.6 Å². The molecule has 0 saturated heterocycles. The van der Waals surface area contributed by atoms with Gasteiger partial charge in [-0.1, -0.05) is 12.1 Å². The summed E-state index contributed by atoms with van der Waals surface area (Å²) < 4.78 is 37.1. The van der Waals surface area contributed by atoms with Gasteiger partial charge >= 0.3 is 6.18 Å². The Morgan fingerprint density at radius 3 is 2.29 bits per heavy atom. The van der Waals surface area contributed by atoms with Crippen LogP contribution in [-0.4, -0.2) is 10.9 Å². The molecule has 3 N–H and O–H groups in total. The largest absolute Gasteiger partial charge is 0.417 e.